The van der Waals surface area contributed by atoms with Crippen LogP contribution in [0.3, 0.4) is 0 Å². The lowest BCUT2D eigenvalue weighted by Crippen LogP contribution is -2.28. The van der Waals surface area contributed by atoms with Gasteiger partial charge in [0.05, 0.1) is 5.75 Å². The SMILES string of the molecule is CSCCCNS(=O)(=O)CCSc1ccccc1N. The number of anilines is 1. The van der Waals surface area contributed by atoms with E-state index >= 15 is 0 Å². The molecule has 0 heterocycles. The molecular formula is C12H20N2O2S3. The number of nitrogens with two attached hydrogens (primary N) is 1. The van der Waals surface area contributed by atoms with Crippen LogP contribution in [-0.4, -0.2) is 38.5 Å². The Labute approximate surface area is 124 Å². The fourth-order valence-corrected chi connectivity index (χ4v) is 4.26. The predicted molar refractivity (Wildman–Crippen MR) is 86.4 cm³/mol. The molecule has 108 valence electrons. The zero-order valence-corrected chi connectivity index (χ0v) is 13.4. The van der Waals surface area contributed by atoms with Crippen LogP contribution in [0.15, 0.2) is 29.2 Å². The fourth-order valence-electron chi connectivity index (χ4n) is 1.39. The van der Waals surface area contributed by atoms with Crippen molar-refractivity contribution in [3.8, 4) is 0 Å². The molecule has 0 atom stereocenters. The van der Waals surface area contributed by atoms with Crippen molar-refractivity contribution in [2.45, 2.75) is 11.3 Å². The van der Waals surface area contributed by atoms with Gasteiger partial charge in [-0.05, 0) is 30.6 Å². The highest BCUT2D eigenvalue weighted by Gasteiger charge is 2.09. The Bertz CT molecular complexity index is 478. The Morgan fingerprint density at radius 1 is 1.26 bits per heavy atom. The van der Waals surface area contributed by atoms with Crippen molar-refractivity contribution in [1.29, 1.82) is 0 Å². The van der Waals surface area contributed by atoms with Crippen LogP contribution in [0, 0.1) is 0 Å². The number of para-hydroxylation sites is 1. The second kappa shape index (κ2) is 8.73. The van der Waals surface area contributed by atoms with Crippen molar-refractivity contribution >= 4 is 39.2 Å². The van der Waals surface area contributed by atoms with E-state index in [0.29, 0.717) is 18.0 Å². The molecule has 0 saturated heterocycles. The number of nitrogen functional groups attached to an aromatic ring is 1. The van der Waals surface area contributed by atoms with Crippen molar-refractivity contribution < 1.29 is 8.42 Å². The third-order valence-electron chi connectivity index (χ3n) is 2.38. The fraction of sp³-hybridized carbons (Fsp3) is 0.500. The minimum Gasteiger partial charge on any atom is -0.398 e. The van der Waals surface area contributed by atoms with Crippen LogP contribution in [0.4, 0.5) is 5.69 Å². The van der Waals surface area contributed by atoms with Crippen LogP contribution < -0.4 is 10.5 Å². The van der Waals surface area contributed by atoms with Gasteiger partial charge in [-0.15, -0.1) is 11.8 Å². The van der Waals surface area contributed by atoms with E-state index in [1.165, 1.54) is 11.8 Å². The molecule has 0 radical (unpaired) electrons. The number of sulfonamides is 1. The van der Waals surface area contributed by atoms with Crippen molar-refractivity contribution in [3.63, 3.8) is 0 Å². The molecule has 0 fully saturated rings. The van der Waals surface area contributed by atoms with E-state index in [0.717, 1.165) is 17.1 Å². The highest BCUT2D eigenvalue weighted by Crippen LogP contribution is 2.24. The van der Waals surface area contributed by atoms with Gasteiger partial charge in [-0.3, -0.25) is 0 Å². The maximum atomic E-state index is 11.7. The molecular weight excluding hydrogens is 300 g/mol. The average molecular weight is 321 g/mol. The summed E-state index contributed by atoms with van der Waals surface area (Å²) in [7, 11) is -3.17. The normalized spacial score (nSPS) is 11.6. The Balaban J connectivity index is 2.30. The second-order valence-electron chi connectivity index (χ2n) is 3.95. The van der Waals surface area contributed by atoms with Crippen LogP contribution in [0.5, 0.6) is 0 Å². The summed E-state index contributed by atoms with van der Waals surface area (Å²) in [6.07, 6.45) is 2.87. The first kappa shape index (κ1) is 16.7. The maximum Gasteiger partial charge on any atom is 0.212 e. The number of benzene rings is 1. The molecule has 4 nitrogen and oxygen atoms in total. The van der Waals surface area contributed by atoms with Crippen LogP contribution in [0.2, 0.25) is 0 Å². The third-order valence-corrected chi connectivity index (χ3v) is 5.81. The predicted octanol–water partition coefficient (Wildman–Crippen LogP) is 2.03. The zero-order valence-electron chi connectivity index (χ0n) is 11.0. The van der Waals surface area contributed by atoms with Gasteiger partial charge in [-0.2, -0.15) is 11.8 Å². The van der Waals surface area contributed by atoms with E-state index in [2.05, 4.69) is 4.72 Å². The second-order valence-corrected chi connectivity index (χ2v) is 7.99. The standard InChI is InChI=1S/C12H20N2O2S3/c1-17-8-4-7-14-19(15,16)10-9-18-12-6-3-2-5-11(12)13/h2-3,5-6,14H,4,7-10,13H2,1H3. The molecule has 3 N–H and O–H groups in total. The highest BCUT2D eigenvalue weighted by molar-refractivity contribution is 8.00. The Morgan fingerprint density at radius 2 is 2.00 bits per heavy atom. The van der Waals surface area contributed by atoms with Gasteiger partial charge in [-0.25, -0.2) is 13.1 Å². The molecule has 0 bridgehead atoms. The molecule has 0 aliphatic rings. The molecule has 0 saturated carbocycles. The van der Waals surface area contributed by atoms with Gasteiger partial charge >= 0.3 is 0 Å². The minimum atomic E-state index is -3.17. The largest absolute Gasteiger partial charge is 0.398 e. The number of hydrogen-bond donors (Lipinski definition) is 2. The Morgan fingerprint density at radius 3 is 2.68 bits per heavy atom. The van der Waals surface area contributed by atoms with Crippen molar-refractivity contribution in [1.82, 2.24) is 4.72 Å². The number of rotatable bonds is 9. The zero-order chi connectivity index (χ0) is 14.1. The number of hydrogen-bond acceptors (Lipinski definition) is 5. The monoisotopic (exact) mass is 320 g/mol. The summed E-state index contributed by atoms with van der Waals surface area (Å²) in [4.78, 5) is 0.931. The molecule has 7 heteroatoms. The van der Waals surface area contributed by atoms with Crippen LogP contribution in [-0.2, 0) is 10.0 Å². The first-order chi connectivity index (χ1) is 9.05. The summed E-state index contributed by atoms with van der Waals surface area (Å²) in [6.45, 7) is 0.515. The topological polar surface area (TPSA) is 72.2 Å². The molecule has 0 aliphatic heterocycles. The highest BCUT2D eigenvalue weighted by atomic mass is 32.2. The van der Waals surface area contributed by atoms with E-state index in [-0.39, 0.29) is 5.75 Å². The van der Waals surface area contributed by atoms with Gasteiger partial charge in [0.2, 0.25) is 10.0 Å². The summed E-state index contributed by atoms with van der Waals surface area (Å²) in [5.41, 5.74) is 6.49. The third kappa shape index (κ3) is 7.10. The summed E-state index contributed by atoms with van der Waals surface area (Å²) < 4.78 is 26.0. The first-order valence-electron chi connectivity index (χ1n) is 5.99. The molecule has 1 aromatic rings. The Hall–Kier alpha value is -0.370. The van der Waals surface area contributed by atoms with Gasteiger partial charge in [-0.1, -0.05) is 12.1 Å². The van der Waals surface area contributed by atoms with E-state index in [1.54, 1.807) is 11.8 Å². The molecule has 19 heavy (non-hydrogen) atoms. The maximum absolute atomic E-state index is 11.7. The molecule has 0 unspecified atom stereocenters. The molecule has 1 rings (SSSR count). The summed E-state index contributed by atoms with van der Waals surface area (Å²) in [5.74, 6) is 1.59. The van der Waals surface area contributed by atoms with Gasteiger partial charge in [0.1, 0.15) is 0 Å². The van der Waals surface area contributed by atoms with Crippen molar-refractivity contribution in [2.75, 3.05) is 35.8 Å². The average Bonchev–Trinajstić information content (AvgIpc) is 2.37. The Kier molecular flexibility index (Phi) is 7.67. The molecule has 1 aromatic carbocycles. The van der Waals surface area contributed by atoms with Crippen molar-refractivity contribution in [3.05, 3.63) is 24.3 Å². The van der Waals surface area contributed by atoms with E-state index in [9.17, 15) is 8.42 Å². The van der Waals surface area contributed by atoms with E-state index < -0.39 is 10.0 Å². The lowest BCUT2D eigenvalue weighted by Gasteiger charge is -2.07. The van der Waals surface area contributed by atoms with E-state index in [4.69, 9.17) is 5.73 Å². The first-order valence-corrected chi connectivity index (χ1v) is 10.0. The number of thioether (sulfide) groups is 2. The molecule has 0 aromatic heterocycles. The van der Waals surface area contributed by atoms with Gasteiger partial charge in [0.25, 0.3) is 0 Å². The van der Waals surface area contributed by atoms with Gasteiger partial charge in [0.15, 0.2) is 0 Å². The smallest absolute Gasteiger partial charge is 0.212 e. The minimum absolute atomic E-state index is 0.116. The molecule has 0 amide bonds. The quantitative estimate of drug-likeness (QED) is 0.414. The lowest BCUT2D eigenvalue weighted by atomic mass is 10.3. The van der Waals surface area contributed by atoms with Crippen molar-refractivity contribution in [2.24, 2.45) is 0 Å². The molecule has 0 spiro atoms. The van der Waals surface area contributed by atoms with Crippen LogP contribution in [0.25, 0.3) is 0 Å². The summed E-state index contributed by atoms with van der Waals surface area (Å²) in [6, 6.07) is 7.48. The lowest BCUT2D eigenvalue weighted by molar-refractivity contribution is 0.582. The van der Waals surface area contributed by atoms with E-state index in [1.807, 2.05) is 30.5 Å². The number of nitrogens with one attached hydrogen (secondary N) is 1. The van der Waals surface area contributed by atoms with Gasteiger partial charge in [0, 0.05) is 22.9 Å². The molecule has 0 aliphatic carbocycles. The summed E-state index contributed by atoms with van der Waals surface area (Å²) in [5, 5.41) is 0. The van der Waals surface area contributed by atoms with Crippen LogP contribution in [0.1, 0.15) is 6.42 Å². The van der Waals surface area contributed by atoms with Crippen LogP contribution >= 0.6 is 23.5 Å². The van der Waals surface area contributed by atoms with Gasteiger partial charge < -0.3 is 5.73 Å². The summed E-state index contributed by atoms with van der Waals surface area (Å²) >= 11 is 3.19.